The first-order valence-electron chi connectivity index (χ1n) is 8.63. The third kappa shape index (κ3) is 4.88. The van der Waals surface area contributed by atoms with Crippen molar-refractivity contribution in [2.24, 2.45) is 0 Å². The first-order chi connectivity index (χ1) is 13.8. The normalized spacial score (nSPS) is 11.0. The molecule has 8 heteroatoms. The van der Waals surface area contributed by atoms with Gasteiger partial charge in [-0.3, -0.25) is 9.52 Å². The molecule has 0 aromatic heterocycles. The first kappa shape index (κ1) is 20.7. The number of rotatable bonds is 6. The van der Waals surface area contributed by atoms with Gasteiger partial charge in [-0.1, -0.05) is 41.4 Å². The van der Waals surface area contributed by atoms with Gasteiger partial charge in [0.1, 0.15) is 10.6 Å². The third-order valence-electron chi connectivity index (χ3n) is 4.14. The smallest absolute Gasteiger partial charge is 0.263 e. The second kappa shape index (κ2) is 8.55. The molecule has 2 N–H and O–H groups in total. The Hall–Kier alpha value is -3.03. The maximum atomic E-state index is 12.8. The van der Waals surface area contributed by atoms with E-state index in [1.807, 2.05) is 6.92 Å². The van der Waals surface area contributed by atoms with Crippen LogP contribution in [0.5, 0.6) is 5.75 Å². The molecule has 0 radical (unpaired) electrons. The lowest BCUT2D eigenvalue weighted by Gasteiger charge is -2.13. The van der Waals surface area contributed by atoms with Crippen molar-refractivity contribution in [1.29, 1.82) is 0 Å². The molecule has 0 aliphatic carbocycles. The summed E-state index contributed by atoms with van der Waals surface area (Å²) in [5.41, 5.74) is 2.01. The fourth-order valence-corrected chi connectivity index (χ4v) is 4.21. The van der Waals surface area contributed by atoms with Crippen molar-refractivity contribution in [3.8, 4) is 5.75 Å². The number of sulfonamides is 1. The number of hydrogen-bond acceptors (Lipinski definition) is 4. The number of benzene rings is 3. The van der Waals surface area contributed by atoms with Crippen LogP contribution in [0.25, 0.3) is 0 Å². The molecule has 0 aliphatic heterocycles. The van der Waals surface area contributed by atoms with Crippen LogP contribution in [0.1, 0.15) is 15.9 Å². The topological polar surface area (TPSA) is 84.5 Å². The number of para-hydroxylation sites is 2. The number of amides is 1. The molecule has 0 unspecified atom stereocenters. The molecule has 0 heterocycles. The molecular weight excluding hydrogens is 412 g/mol. The van der Waals surface area contributed by atoms with E-state index < -0.39 is 15.9 Å². The van der Waals surface area contributed by atoms with E-state index in [1.165, 1.54) is 25.3 Å². The standard InChI is InChI=1S/C21H19ClN2O4S/c1-14-7-10-16(11-8-14)24-29(26,27)20-13-15(9-12-17(20)22)21(25)23-18-5-3-4-6-19(18)28-2/h3-13,24H,1-2H3,(H,23,25). The summed E-state index contributed by atoms with van der Waals surface area (Å²) in [6, 6.07) is 17.9. The zero-order valence-electron chi connectivity index (χ0n) is 15.8. The second-order valence-electron chi connectivity index (χ2n) is 6.27. The minimum atomic E-state index is -3.99. The monoisotopic (exact) mass is 430 g/mol. The van der Waals surface area contributed by atoms with Crippen LogP contribution in [0, 0.1) is 6.92 Å². The second-order valence-corrected chi connectivity index (χ2v) is 8.33. The van der Waals surface area contributed by atoms with Gasteiger partial charge in [-0.15, -0.1) is 0 Å². The Labute approximate surface area is 174 Å². The van der Waals surface area contributed by atoms with Crippen LogP contribution in [0.15, 0.2) is 71.6 Å². The van der Waals surface area contributed by atoms with Crippen LogP contribution < -0.4 is 14.8 Å². The van der Waals surface area contributed by atoms with Crippen molar-refractivity contribution in [3.05, 3.63) is 82.9 Å². The largest absolute Gasteiger partial charge is 0.495 e. The maximum Gasteiger partial charge on any atom is 0.263 e. The van der Waals surface area contributed by atoms with Gasteiger partial charge in [-0.05, 0) is 49.4 Å². The van der Waals surface area contributed by atoms with E-state index in [0.29, 0.717) is 17.1 Å². The predicted molar refractivity (Wildman–Crippen MR) is 114 cm³/mol. The Morgan fingerprint density at radius 1 is 1.00 bits per heavy atom. The van der Waals surface area contributed by atoms with Crippen molar-refractivity contribution in [2.45, 2.75) is 11.8 Å². The van der Waals surface area contributed by atoms with Crippen LogP contribution >= 0.6 is 11.6 Å². The lowest BCUT2D eigenvalue weighted by Crippen LogP contribution is -2.16. The van der Waals surface area contributed by atoms with Gasteiger partial charge in [0.25, 0.3) is 15.9 Å². The highest BCUT2D eigenvalue weighted by molar-refractivity contribution is 7.92. The number of ether oxygens (including phenoxy) is 1. The number of nitrogens with one attached hydrogen (secondary N) is 2. The Balaban J connectivity index is 1.89. The van der Waals surface area contributed by atoms with E-state index in [9.17, 15) is 13.2 Å². The van der Waals surface area contributed by atoms with Crippen molar-refractivity contribution >= 4 is 38.9 Å². The summed E-state index contributed by atoms with van der Waals surface area (Å²) >= 11 is 6.11. The Kier molecular flexibility index (Phi) is 6.10. The molecule has 29 heavy (non-hydrogen) atoms. The van der Waals surface area contributed by atoms with E-state index in [2.05, 4.69) is 10.0 Å². The number of aryl methyl sites for hydroxylation is 1. The minimum absolute atomic E-state index is 0.0125. The minimum Gasteiger partial charge on any atom is -0.495 e. The van der Waals surface area contributed by atoms with E-state index in [4.69, 9.17) is 16.3 Å². The summed E-state index contributed by atoms with van der Waals surface area (Å²) in [5, 5.41) is 2.72. The molecule has 6 nitrogen and oxygen atoms in total. The fourth-order valence-electron chi connectivity index (χ4n) is 2.62. The quantitative estimate of drug-likeness (QED) is 0.593. The van der Waals surface area contributed by atoms with Gasteiger partial charge in [0.15, 0.2) is 0 Å². The fraction of sp³-hybridized carbons (Fsp3) is 0.0952. The highest BCUT2D eigenvalue weighted by Gasteiger charge is 2.21. The summed E-state index contributed by atoms with van der Waals surface area (Å²) in [5.74, 6) is 0.00153. The molecule has 0 bridgehead atoms. The van der Waals surface area contributed by atoms with Crippen LogP contribution in [0.2, 0.25) is 5.02 Å². The number of halogens is 1. The molecule has 3 aromatic rings. The molecule has 3 rings (SSSR count). The number of hydrogen-bond donors (Lipinski definition) is 2. The molecule has 0 fully saturated rings. The zero-order valence-corrected chi connectivity index (χ0v) is 17.3. The van der Waals surface area contributed by atoms with Gasteiger partial charge in [-0.25, -0.2) is 8.42 Å². The molecule has 3 aromatic carbocycles. The SMILES string of the molecule is COc1ccccc1NC(=O)c1ccc(Cl)c(S(=O)(=O)Nc2ccc(C)cc2)c1. The summed E-state index contributed by atoms with van der Waals surface area (Å²) in [6.45, 7) is 1.90. The number of methoxy groups -OCH3 is 1. The zero-order chi connectivity index (χ0) is 21.0. The summed E-state index contributed by atoms with van der Waals surface area (Å²) in [6.07, 6.45) is 0. The van der Waals surface area contributed by atoms with E-state index in [1.54, 1.807) is 48.5 Å². The first-order valence-corrected chi connectivity index (χ1v) is 10.5. The van der Waals surface area contributed by atoms with Crippen LogP contribution in [0.4, 0.5) is 11.4 Å². The van der Waals surface area contributed by atoms with Crippen molar-refractivity contribution in [2.75, 3.05) is 17.1 Å². The van der Waals surface area contributed by atoms with Crippen molar-refractivity contribution in [1.82, 2.24) is 0 Å². The summed E-state index contributed by atoms with van der Waals surface area (Å²) in [7, 11) is -2.49. The van der Waals surface area contributed by atoms with Gasteiger partial charge < -0.3 is 10.1 Å². The molecule has 1 amide bonds. The lowest BCUT2D eigenvalue weighted by atomic mass is 10.2. The molecule has 0 atom stereocenters. The summed E-state index contributed by atoms with van der Waals surface area (Å²) < 4.78 is 33.3. The van der Waals surface area contributed by atoms with Crippen LogP contribution in [-0.2, 0) is 10.0 Å². The van der Waals surface area contributed by atoms with Gasteiger partial charge in [0.2, 0.25) is 0 Å². The molecular formula is C21H19ClN2O4S. The Morgan fingerprint density at radius 3 is 2.38 bits per heavy atom. The van der Waals surface area contributed by atoms with E-state index >= 15 is 0 Å². The predicted octanol–water partition coefficient (Wildman–Crippen LogP) is 4.71. The van der Waals surface area contributed by atoms with Crippen molar-refractivity contribution in [3.63, 3.8) is 0 Å². The maximum absolute atomic E-state index is 12.8. The van der Waals surface area contributed by atoms with E-state index in [0.717, 1.165) is 5.56 Å². The Morgan fingerprint density at radius 2 is 1.69 bits per heavy atom. The van der Waals surface area contributed by atoms with Gasteiger partial charge in [-0.2, -0.15) is 0 Å². The van der Waals surface area contributed by atoms with Crippen LogP contribution in [-0.4, -0.2) is 21.4 Å². The highest BCUT2D eigenvalue weighted by atomic mass is 35.5. The highest BCUT2D eigenvalue weighted by Crippen LogP contribution is 2.27. The van der Waals surface area contributed by atoms with Crippen LogP contribution in [0.3, 0.4) is 0 Å². The number of carbonyl (C=O) groups is 1. The Bertz CT molecular complexity index is 1150. The average molecular weight is 431 g/mol. The van der Waals surface area contributed by atoms with Gasteiger partial charge in [0, 0.05) is 11.3 Å². The third-order valence-corrected chi connectivity index (χ3v) is 6.00. The van der Waals surface area contributed by atoms with Crippen molar-refractivity contribution < 1.29 is 17.9 Å². The molecule has 0 saturated heterocycles. The lowest BCUT2D eigenvalue weighted by molar-refractivity contribution is 0.102. The number of carbonyl (C=O) groups excluding carboxylic acids is 1. The van der Waals surface area contributed by atoms with Gasteiger partial charge >= 0.3 is 0 Å². The van der Waals surface area contributed by atoms with E-state index in [-0.39, 0.29) is 15.5 Å². The molecule has 0 spiro atoms. The van der Waals surface area contributed by atoms with Gasteiger partial charge in [0.05, 0.1) is 17.8 Å². The number of anilines is 2. The molecule has 150 valence electrons. The molecule has 0 aliphatic rings. The molecule has 0 saturated carbocycles. The average Bonchev–Trinajstić information content (AvgIpc) is 2.70. The summed E-state index contributed by atoms with van der Waals surface area (Å²) in [4.78, 5) is 12.5.